The van der Waals surface area contributed by atoms with Gasteiger partial charge in [0.1, 0.15) is 6.04 Å². The van der Waals surface area contributed by atoms with Crippen LogP contribution in [-0.2, 0) is 22.7 Å². The van der Waals surface area contributed by atoms with Crippen molar-refractivity contribution in [2.45, 2.75) is 70.5 Å². The number of pyridine rings is 2. The minimum atomic E-state index is -1.61. The summed E-state index contributed by atoms with van der Waals surface area (Å²) in [6, 6.07) is 17.5. The number of likely N-dealkylation sites (tertiary alicyclic amines) is 1. The van der Waals surface area contributed by atoms with E-state index in [1.807, 2.05) is 36.4 Å². The summed E-state index contributed by atoms with van der Waals surface area (Å²) in [6.45, 7) is 4.32. The first-order valence-corrected chi connectivity index (χ1v) is 15.4. The second kappa shape index (κ2) is 17.2. The predicted molar refractivity (Wildman–Crippen MR) is 171 cm³/mol. The van der Waals surface area contributed by atoms with Gasteiger partial charge in [-0.2, -0.15) is 0 Å². The molecular formula is C32H42BN7O5. The molecule has 5 N–H and O–H groups in total. The summed E-state index contributed by atoms with van der Waals surface area (Å²) in [6.07, 6.45) is 7.76. The molecule has 0 aliphatic carbocycles. The van der Waals surface area contributed by atoms with Crippen LogP contribution in [0, 0.1) is 0 Å². The Hall–Kier alpha value is -4.33. The maximum atomic E-state index is 12.7. The zero-order valence-corrected chi connectivity index (χ0v) is 25.6. The smallest absolute Gasteiger partial charge is 0.426 e. The van der Waals surface area contributed by atoms with E-state index in [2.05, 4.69) is 31.0 Å². The van der Waals surface area contributed by atoms with Gasteiger partial charge in [0.15, 0.2) is 0 Å². The van der Waals surface area contributed by atoms with Crippen molar-refractivity contribution in [3.8, 4) is 0 Å². The molecule has 4 rings (SSSR count). The summed E-state index contributed by atoms with van der Waals surface area (Å²) in [4.78, 5) is 50.5. The van der Waals surface area contributed by atoms with Crippen LogP contribution in [0.25, 0.3) is 0 Å². The highest BCUT2D eigenvalue weighted by molar-refractivity contribution is 6.43. The molecular weight excluding hydrogens is 573 g/mol. The lowest BCUT2D eigenvalue weighted by Gasteiger charge is -2.27. The molecule has 1 aliphatic rings. The van der Waals surface area contributed by atoms with Gasteiger partial charge in [0.2, 0.25) is 11.8 Å². The van der Waals surface area contributed by atoms with Gasteiger partial charge in [0.25, 0.3) is 5.91 Å². The van der Waals surface area contributed by atoms with Crippen molar-refractivity contribution in [2.24, 2.45) is 0 Å². The molecule has 1 aliphatic heterocycles. The molecule has 0 saturated carbocycles. The molecule has 45 heavy (non-hydrogen) atoms. The van der Waals surface area contributed by atoms with E-state index in [-0.39, 0.29) is 11.8 Å². The van der Waals surface area contributed by atoms with Crippen LogP contribution in [0.15, 0.2) is 73.1 Å². The monoisotopic (exact) mass is 615 g/mol. The number of nitrogens with one attached hydrogen (secondary N) is 3. The first kappa shape index (κ1) is 33.6. The van der Waals surface area contributed by atoms with E-state index >= 15 is 0 Å². The first-order chi connectivity index (χ1) is 21.8. The number of hydrazine groups is 1. The molecule has 238 valence electrons. The van der Waals surface area contributed by atoms with Crippen LogP contribution in [0.5, 0.6) is 0 Å². The first-order valence-electron chi connectivity index (χ1n) is 15.4. The number of rotatable bonds is 16. The normalized spacial score (nSPS) is 15.0. The Bertz CT molecular complexity index is 1320. The molecule has 1 fully saturated rings. The Morgan fingerprint density at radius 2 is 1.62 bits per heavy atom. The van der Waals surface area contributed by atoms with E-state index in [0.717, 1.165) is 50.3 Å². The van der Waals surface area contributed by atoms with Crippen molar-refractivity contribution in [1.82, 2.24) is 30.5 Å². The third-order valence-electron chi connectivity index (χ3n) is 7.74. The van der Waals surface area contributed by atoms with Crippen LogP contribution in [0.2, 0.25) is 0 Å². The Labute approximate surface area is 264 Å². The molecule has 0 bridgehead atoms. The van der Waals surface area contributed by atoms with Crippen molar-refractivity contribution < 1.29 is 24.4 Å². The number of carbonyl (C=O) groups excluding carboxylic acids is 3. The number of hydrogen-bond donors (Lipinski definition) is 5. The summed E-state index contributed by atoms with van der Waals surface area (Å²) in [5, 5.41) is 21.7. The van der Waals surface area contributed by atoms with Crippen molar-refractivity contribution >= 4 is 30.5 Å². The highest BCUT2D eigenvalue weighted by Gasteiger charge is 2.38. The fourth-order valence-corrected chi connectivity index (χ4v) is 5.33. The molecule has 2 atom stereocenters. The van der Waals surface area contributed by atoms with Gasteiger partial charge in [-0.3, -0.25) is 40.1 Å². The van der Waals surface area contributed by atoms with Crippen LogP contribution in [0.4, 0.5) is 5.69 Å². The van der Waals surface area contributed by atoms with Gasteiger partial charge in [-0.05, 0) is 87.7 Å². The standard InChI is InChI=1S/C32H42BN7O5/c1-24(32(43)40-21-9-12-29(40)33(44)45)36-31(42)25-14-16-26(17-15-25)37-38-30(41)13-3-2-8-20-39(22-27-10-4-6-18-34-27)23-28-11-5-7-19-35-28/h4-7,10-11,14-19,24,29,37,44-45H,2-3,8-9,12-13,20-23H2,1H3,(H,36,42)(H,38,41)/t24-,29+/m1/s1. The molecule has 0 radical (unpaired) electrons. The molecule has 3 aromatic rings. The second-order valence-corrected chi connectivity index (χ2v) is 11.3. The molecule has 0 unspecified atom stereocenters. The average Bonchev–Trinajstić information content (AvgIpc) is 3.55. The molecule has 0 spiro atoms. The Morgan fingerprint density at radius 3 is 2.22 bits per heavy atom. The Kier molecular flexibility index (Phi) is 12.9. The maximum absolute atomic E-state index is 12.7. The van der Waals surface area contributed by atoms with Crippen LogP contribution in [-0.4, -0.2) is 79.7 Å². The summed E-state index contributed by atoms with van der Waals surface area (Å²) in [5.74, 6) is -1.57. The van der Waals surface area contributed by atoms with E-state index in [1.165, 1.54) is 4.90 Å². The van der Waals surface area contributed by atoms with Crippen LogP contribution in [0.3, 0.4) is 0 Å². The zero-order chi connectivity index (χ0) is 32.0. The molecule has 13 heteroatoms. The second-order valence-electron chi connectivity index (χ2n) is 11.3. The van der Waals surface area contributed by atoms with Gasteiger partial charge in [-0.15, -0.1) is 0 Å². The predicted octanol–water partition coefficient (Wildman–Crippen LogP) is 2.30. The minimum Gasteiger partial charge on any atom is -0.426 e. The lowest BCUT2D eigenvalue weighted by molar-refractivity contribution is -0.132. The number of unbranched alkanes of at least 4 members (excludes halogenated alkanes) is 2. The molecule has 2 aromatic heterocycles. The summed E-state index contributed by atoms with van der Waals surface area (Å²) < 4.78 is 0. The number of aromatic nitrogens is 2. The Morgan fingerprint density at radius 1 is 0.956 bits per heavy atom. The SMILES string of the molecule is C[C@@H](NC(=O)c1ccc(NNC(=O)CCCCCN(Cc2ccccn2)Cc2ccccn2)cc1)C(=O)N1CCC[C@H]1B(O)O. The minimum absolute atomic E-state index is 0.129. The number of hydrogen-bond acceptors (Lipinski definition) is 9. The van der Waals surface area contributed by atoms with Gasteiger partial charge >= 0.3 is 7.12 Å². The molecule has 3 amide bonds. The van der Waals surface area contributed by atoms with Crippen LogP contribution >= 0.6 is 0 Å². The molecule has 3 heterocycles. The summed E-state index contributed by atoms with van der Waals surface area (Å²) in [5.41, 5.74) is 8.55. The number of nitrogens with zero attached hydrogens (tertiary/aromatic N) is 4. The summed E-state index contributed by atoms with van der Waals surface area (Å²) >= 11 is 0. The van der Waals surface area contributed by atoms with Gasteiger partial charge in [-0.1, -0.05) is 18.6 Å². The summed E-state index contributed by atoms with van der Waals surface area (Å²) in [7, 11) is -1.61. The quantitative estimate of drug-likeness (QED) is 0.0926. The van der Waals surface area contributed by atoms with Crippen molar-refractivity contribution in [2.75, 3.05) is 18.5 Å². The van der Waals surface area contributed by atoms with Gasteiger partial charge in [0.05, 0.1) is 23.0 Å². The van der Waals surface area contributed by atoms with Crippen LogP contribution in [0.1, 0.15) is 67.2 Å². The number of amides is 3. The van der Waals surface area contributed by atoms with Gasteiger partial charge in [-0.25, -0.2) is 0 Å². The van der Waals surface area contributed by atoms with E-state index in [9.17, 15) is 24.4 Å². The number of benzene rings is 1. The molecule has 1 saturated heterocycles. The lowest BCUT2D eigenvalue weighted by Crippen LogP contribution is -2.52. The average molecular weight is 616 g/mol. The zero-order valence-electron chi connectivity index (χ0n) is 25.6. The Balaban J connectivity index is 1.14. The van der Waals surface area contributed by atoms with Crippen molar-refractivity contribution in [3.63, 3.8) is 0 Å². The largest absolute Gasteiger partial charge is 0.475 e. The van der Waals surface area contributed by atoms with Crippen LogP contribution < -0.4 is 16.2 Å². The fourth-order valence-electron chi connectivity index (χ4n) is 5.33. The topological polar surface area (TPSA) is 160 Å². The third-order valence-corrected chi connectivity index (χ3v) is 7.74. The van der Waals surface area contributed by atoms with E-state index in [0.29, 0.717) is 37.1 Å². The number of carbonyl (C=O) groups is 3. The lowest BCUT2D eigenvalue weighted by atomic mass is 9.78. The van der Waals surface area contributed by atoms with Crippen molar-refractivity contribution in [3.05, 3.63) is 90.0 Å². The fraction of sp³-hybridized carbons (Fsp3) is 0.406. The number of anilines is 1. The highest BCUT2D eigenvalue weighted by Crippen LogP contribution is 2.19. The molecule has 1 aromatic carbocycles. The van der Waals surface area contributed by atoms with Crippen molar-refractivity contribution in [1.29, 1.82) is 0 Å². The van der Waals surface area contributed by atoms with Gasteiger partial charge in [0, 0.05) is 44.0 Å². The van der Waals surface area contributed by atoms with E-state index in [4.69, 9.17) is 0 Å². The molecule has 12 nitrogen and oxygen atoms in total. The maximum Gasteiger partial charge on any atom is 0.475 e. The highest BCUT2D eigenvalue weighted by atomic mass is 16.4. The van der Waals surface area contributed by atoms with E-state index in [1.54, 1.807) is 43.6 Å². The third kappa shape index (κ3) is 10.7. The van der Waals surface area contributed by atoms with E-state index < -0.39 is 25.0 Å². The van der Waals surface area contributed by atoms with Gasteiger partial charge < -0.3 is 20.3 Å².